The van der Waals surface area contributed by atoms with Crippen LogP contribution < -0.4 is 5.32 Å². The fourth-order valence-corrected chi connectivity index (χ4v) is 2.98. The molecule has 1 aromatic heterocycles. The van der Waals surface area contributed by atoms with Gasteiger partial charge in [-0.25, -0.2) is 9.97 Å². The quantitative estimate of drug-likeness (QED) is 0.871. The molecule has 1 aliphatic rings. The summed E-state index contributed by atoms with van der Waals surface area (Å²) in [5.41, 5.74) is 2.66. The third-order valence-corrected chi connectivity index (χ3v) is 4.19. The maximum atomic E-state index is 12.0. The van der Waals surface area contributed by atoms with Gasteiger partial charge in [0.15, 0.2) is 5.92 Å². The number of ether oxygens (including phenoxy) is 1. The zero-order chi connectivity index (χ0) is 16.2. The Labute approximate surface area is 134 Å². The highest BCUT2D eigenvalue weighted by atomic mass is 16.5. The molecule has 1 saturated heterocycles. The zero-order valence-corrected chi connectivity index (χ0v) is 13.0. The van der Waals surface area contributed by atoms with E-state index < -0.39 is 11.9 Å². The highest BCUT2D eigenvalue weighted by Gasteiger charge is 2.30. The highest BCUT2D eigenvalue weighted by molar-refractivity contribution is 5.82. The van der Waals surface area contributed by atoms with Crippen LogP contribution in [0.5, 0.6) is 0 Å². The van der Waals surface area contributed by atoms with Crippen molar-refractivity contribution in [2.45, 2.75) is 24.7 Å². The molecule has 0 amide bonds. The maximum absolute atomic E-state index is 12.0. The fraction of sp³-hybridized carbons (Fsp3) is 0.412. The summed E-state index contributed by atoms with van der Waals surface area (Å²) in [6.45, 7) is 1.79. The average Bonchev–Trinajstić information content (AvgIpc) is 2.62. The number of esters is 1. The van der Waals surface area contributed by atoms with Crippen molar-refractivity contribution in [3.8, 4) is 6.07 Å². The summed E-state index contributed by atoms with van der Waals surface area (Å²) in [7, 11) is 1.28. The van der Waals surface area contributed by atoms with Gasteiger partial charge in [-0.05, 0) is 38.1 Å². The summed E-state index contributed by atoms with van der Waals surface area (Å²) in [5, 5.41) is 12.8. The number of nitrogens with zero attached hydrogens (tertiary/aromatic N) is 3. The van der Waals surface area contributed by atoms with Crippen molar-refractivity contribution in [2.75, 3.05) is 20.2 Å². The second-order valence-electron chi connectivity index (χ2n) is 5.59. The number of rotatable bonds is 3. The number of piperidine rings is 1. The number of para-hydroxylation sites is 2. The summed E-state index contributed by atoms with van der Waals surface area (Å²) in [4.78, 5) is 21.3. The average molecular weight is 310 g/mol. The van der Waals surface area contributed by atoms with Gasteiger partial charge in [0.1, 0.15) is 0 Å². The monoisotopic (exact) mass is 310 g/mol. The summed E-state index contributed by atoms with van der Waals surface area (Å²) in [5.74, 6) is -1.43. The minimum atomic E-state index is -1.04. The Morgan fingerprint density at radius 1 is 1.30 bits per heavy atom. The molecule has 23 heavy (non-hydrogen) atoms. The van der Waals surface area contributed by atoms with Crippen molar-refractivity contribution in [2.24, 2.45) is 0 Å². The van der Waals surface area contributed by atoms with E-state index in [0.29, 0.717) is 11.2 Å². The number of methoxy groups -OCH3 is 1. The number of hydrogen-bond donors (Lipinski definition) is 1. The summed E-state index contributed by atoms with van der Waals surface area (Å²) in [6, 6.07) is 9.53. The summed E-state index contributed by atoms with van der Waals surface area (Å²) >= 11 is 0. The minimum Gasteiger partial charge on any atom is -0.468 e. The Bertz CT molecular complexity index is 763. The molecule has 3 rings (SSSR count). The Morgan fingerprint density at radius 3 is 2.57 bits per heavy atom. The molecule has 1 aliphatic heterocycles. The first kappa shape index (κ1) is 15.4. The predicted octanol–water partition coefficient (Wildman–Crippen LogP) is 1.88. The number of hydrogen-bond acceptors (Lipinski definition) is 6. The van der Waals surface area contributed by atoms with Gasteiger partial charge in [0.2, 0.25) is 0 Å². The van der Waals surface area contributed by atoms with E-state index in [1.807, 2.05) is 30.3 Å². The van der Waals surface area contributed by atoms with Gasteiger partial charge in [-0.3, -0.25) is 4.79 Å². The van der Waals surface area contributed by atoms with Gasteiger partial charge in [0, 0.05) is 5.92 Å². The molecule has 0 spiro atoms. The van der Waals surface area contributed by atoms with Crippen LogP contribution in [0.15, 0.2) is 24.3 Å². The second kappa shape index (κ2) is 6.71. The van der Waals surface area contributed by atoms with Crippen LogP contribution in [0.2, 0.25) is 0 Å². The predicted molar refractivity (Wildman–Crippen MR) is 84.8 cm³/mol. The Hall–Kier alpha value is -2.52. The molecule has 0 aliphatic carbocycles. The van der Waals surface area contributed by atoms with Gasteiger partial charge < -0.3 is 10.1 Å². The first-order valence-corrected chi connectivity index (χ1v) is 7.69. The highest BCUT2D eigenvalue weighted by Crippen LogP contribution is 2.31. The van der Waals surface area contributed by atoms with E-state index in [0.717, 1.165) is 37.1 Å². The lowest BCUT2D eigenvalue weighted by Crippen LogP contribution is -2.28. The normalized spacial score (nSPS) is 16.7. The van der Waals surface area contributed by atoms with Crippen molar-refractivity contribution in [1.82, 2.24) is 15.3 Å². The molecule has 1 fully saturated rings. The Morgan fingerprint density at radius 2 is 1.96 bits per heavy atom. The van der Waals surface area contributed by atoms with Gasteiger partial charge >= 0.3 is 5.97 Å². The number of carbonyl (C=O) groups is 1. The molecule has 6 nitrogen and oxygen atoms in total. The molecule has 2 heterocycles. The molecular weight excluding hydrogens is 292 g/mol. The van der Waals surface area contributed by atoms with Crippen LogP contribution in [0.1, 0.15) is 36.1 Å². The van der Waals surface area contributed by atoms with Crippen molar-refractivity contribution >= 4 is 17.0 Å². The van der Waals surface area contributed by atoms with Crippen LogP contribution in [0.3, 0.4) is 0 Å². The lowest BCUT2D eigenvalue weighted by molar-refractivity contribution is -0.141. The third-order valence-electron chi connectivity index (χ3n) is 4.19. The van der Waals surface area contributed by atoms with Gasteiger partial charge in [0.25, 0.3) is 0 Å². The van der Waals surface area contributed by atoms with E-state index in [1.54, 1.807) is 0 Å². The van der Waals surface area contributed by atoms with Gasteiger partial charge in [0.05, 0.1) is 35.6 Å². The number of nitrogens with one attached hydrogen (secondary N) is 1. The molecule has 0 bridgehead atoms. The number of benzene rings is 1. The Kier molecular flexibility index (Phi) is 4.49. The largest absolute Gasteiger partial charge is 0.468 e. The SMILES string of the molecule is COC(=O)[C@@H](C#N)c1nc2ccccc2nc1C1CCNCC1. The van der Waals surface area contributed by atoms with Gasteiger partial charge in [-0.2, -0.15) is 5.26 Å². The molecule has 1 atom stereocenters. The molecular formula is C17H18N4O2. The lowest BCUT2D eigenvalue weighted by atomic mass is 9.89. The van der Waals surface area contributed by atoms with Crippen LogP contribution in [0.25, 0.3) is 11.0 Å². The molecule has 1 N–H and O–H groups in total. The smallest absolute Gasteiger partial charge is 0.329 e. The third kappa shape index (κ3) is 3.01. The molecule has 6 heteroatoms. The Balaban J connectivity index is 2.15. The van der Waals surface area contributed by atoms with E-state index in [-0.39, 0.29) is 5.92 Å². The molecule has 0 radical (unpaired) electrons. The van der Waals surface area contributed by atoms with Crippen LogP contribution in [-0.4, -0.2) is 36.1 Å². The van der Waals surface area contributed by atoms with Crippen LogP contribution in [0.4, 0.5) is 0 Å². The van der Waals surface area contributed by atoms with E-state index in [4.69, 9.17) is 9.72 Å². The molecule has 0 saturated carbocycles. The van der Waals surface area contributed by atoms with Crippen LogP contribution in [0, 0.1) is 11.3 Å². The van der Waals surface area contributed by atoms with E-state index in [1.165, 1.54) is 7.11 Å². The van der Waals surface area contributed by atoms with Gasteiger partial charge in [-0.15, -0.1) is 0 Å². The molecule has 0 unspecified atom stereocenters. The topological polar surface area (TPSA) is 87.9 Å². The van der Waals surface area contributed by atoms with Crippen molar-refractivity contribution < 1.29 is 9.53 Å². The van der Waals surface area contributed by atoms with Crippen LogP contribution in [-0.2, 0) is 9.53 Å². The van der Waals surface area contributed by atoms with E-state index >= 15 is 0 Å². The number of aromatic nitrogens is 2. The zero-order valence-electron chi connectivity index (χ0n) is 13.0. The van der Waals surface area contributed by atoms with E-state index in [9.17, 15) is 10.1 Å². The lowest BCUT2D eigenvalue weighted by Gasteiger charge is -2.24. The van der Waals surface area contributed by atoms with E-state index in [2.05, 4.69) is 10.3 Å². The standard InChI is InChI=1S/C17H18N4O2/c1-23-17(22)12(10-18)16-15(11-6-8-19-9-7-11)20-13-4-2-3-5-14(13)21-16/h2-5,11-12,19H,6-9H2,1H3/t12-/m0/s1. The maximum Gasteiger partial charge on any atom is 0.329 e. The first-order chi connectivity index (χ1) is 11.2. The van der Waals surface area contributed by atoms with Gasteiger partial charge in [-0.1, -0.05) is 12.1 Å². The van der Waals surface area contributed by atoms with Crippen molar-refractivity contribution in [3.05, 3.63) is 35.7 Å². The number of fused-ring (bicyclic) bond motifs is 1. The number of nitriles is 1. The summed E-state index contributed by atoms with van der Waals surface area (Å²) < 4.78 is 4.77. The second-order valence-corrected chi connectivity index (χ2v) is 5.59. The molecule has 118 valence electrons. The van der Waals surface area contributed by atoms with Crippen molar-refractivity contribution in [1.29, 1.82) is 5.26 Å². The van der Waals surface area contributed by atoms with Crippen LogP contribution >= 0.6 is 0 Å². The minimum absolute atomic E-state index is 0.198. The summed E-state index contributed by atoms with van der Waals surface area (Å²) in [6.07, 6.45) is 1.83. The molecule has 1 aromatic carbocycles. The van der Waals surface area contributed by atoms with Crippen molar-refractivity contribution in [3.63, 3.8) is 0 Å². The fourth-order valence-electron chi connectivity index (χ4n) is 2.98. The number of carbonyl (C=O) groups excluding carboxylic acids is 1. The first-order valence-electron chi connectivity index (χ1n) is 7.69. The molecule has 2 aromatic rings.